The molecule has 0 saturated heterocycles. The predicted octanol–water partition coefficient (Wildman–Crippen LogP) is 1.10. The fourth-order valence-corrected chi connectivity index (χ4v) is 2.03. The highest BCUT2D eigenvalue weighted by Crippen LogP contribution is 2.24. The molecule has 1 aromatic rings. The van der Waals surface area contributed by atoms with Gasteiger partial charge in [-0.3, -0.25) is 9.36 Å². The lowest BCUT2D eigenvalue weighted by molar-refractivity contribution is -0.133. The fourth-order valence-electron chi connectivity index (χ4n) is 1.25. The SMILES string of the molecule is CC(C)n1c(SCC(=O)O)nnc1N(C)C. The van der Waals surface area contributed by atoms with Crippen molar-refractivity contribution in [2.24, 2.45) is 0 Å². The molecule has 90 valence electrons. The molecule has 0 amide bonds. The lowest BCUT2D eigenvalue weighted by atomic mass is 10.4. The summed E-state index contributed by atoms with van der Waals surface area (Å²) in [7, 11) is 3.77. The van der Waals surface area contributed by atoms with Gasteiger partial charge in [-0.25, -0.2) is 0 Å². The van der Waals surface area contributed by atoms with E-state index in [1.54, 1.807) is 0 Å². The summed E-state index contributed by atoms with van der Waals surface area (Å²) < 4.78 is 1.92. The molecule has 0 atom stereocenters. The van der Waals surface area contributed by atoms with Crippen molar-refractivity contribution < 1.29 is 9.90 Å². The molecule has 0 aromatic carbocycles. The number of carboxylic acids is 1. The molecular formula is C9H16N4O2S. The fraction of sp³-hybridized carbons (Fsp3) is 0.667. The monoisotopic (exact) mass is 244 g/mol. The maximum Gasteiger partial charge on any atom is 0.313 e. The number of thioether (sulfide) groups is 1. The Morgan fingerprint density at radius 2 is 2.12 bits per heavy atom. The summed E-state index contributed by atoms with van der Waals surface area (Å²) in [5, 5.41) is 17.3. The third-order valence-electron chi connectivity index (χ3n) is 1.89. The lowest BCUT2D eigenvalue weighted by Gasteiger charge is -2.17. The Kier molecular flexibility index (Phi) is 4.17. The number of aromatic nitrogens is 3. The van der Waals surface area contributed by atoms with Crippen LogP contribution in [0.3, 0.4) is 0 Å². The highest BCUT2D eigenvalue weighted by atomic mass is 32.2. The summed E-state index contributed by atoms with van der Waals surface area (Å²) in [4.78, 5) is 12.4. The van der Waals surface area contributed by atoms with Gasteiger partial charge in [0.2, 0.25) is 5.95 Å². The highest BCUT2D eigenvalue weighted by Gasteiger charge is 2.17. The lowest BCUT2D eigenvalue weighted by Crippen LogP contribution is -2.17. The molecule has 0 bridgehead atoms. The first kappa shape index (κ1) is 12.8. The number of aliphatic carboxylic acids is 1. The Hall–Kier alpha value is -1.24. The van der Waals surface area contributed by atoms with Crippen LogP contribution >= 0.6 is 11.8 Å². The Morgan fingerprint density at radius 1 is 1.50 bits per heavy atom. The third kappa shape index (κ3) is 2.88. The minimum Gasteiger partial charge on any atom is -0.481 e. The van der Waals surface area contributed by atoms with Gasteiger partial charge in [0.05, 0.1) is 5.75 Å². The number of hydrogen-bond acceptors (Lipinski definition) is 5. The molecule has 0 aliphatic rings. The van der Waals surface area contributed by atoms with E-state index in [0.29, 0.717) is 5.16 Å². The van der Waals surface area contributed by atoms with Crippen LogP contribution in [0.4, 0.5) is 5.95 Å². The molecule has 0 aliphatic heterocycles. The van der Waals surface area contributed by atoms with Crippen LogP contribution in [-0.4, -0.2) is 45.7 Å². The molecule has 0 radical (unpaired) electrons. The number of carbonyl (C=O) groups is 1. The van der Waals surface area contributed by atoms with Gasteiger partial charge in [-0.15, -0.1) is 10.2 Å². The number of rotatable bonds is 5. The van der Waals surface area contributed by atoms with E-state index in [1.165, 1.54) is 11.8 Å². The third-order valence-corrected chi connectivity index (χ3v) is 2.82. The number of carboxylic acid groups (broad SMARTS) is 1. The van der Waals surface area contributed by atoms with E-state index in [1.807, 2.05) is 37.4 Å². The first-order valence-corrected chi connectivity index (χ1v) is 5.89. The first-order chi connectivity index (χ1) is 7.43. The van der Waals surface area contributed by atoms with E-state index in [9.17, 15) is 4.79 Å². The van der Waals surface area contributed by atoms with Gasteiger partial charge >= 0.3 is 5.97 Å². The van der Waals surface area contributed by atoms with Gasteiger partial charge < -0.3 is 10.0 Å². The van der Waals surface area contributed by atoms with Crippen LogP contribution in [0.1, 0.15) is 19.9 Å². The quantitative estimate of drug-likeness (QED) is 0.782. The average Bonchev–Trinajstić information content (AvgIpc) is 2.57. The standard InChI is InChI=1S/C9H16N4O2S/c1-6(2)13-8(12(3)4)10-11-9(13)16-5-7(14)15/h6H,5H2,1-4H3,(H,14,15). The van der Waals surface area contributed by atoms with Crippen LogP contribution in [0.2, 0.25) is 0 Å². The van der Waals surface area contributed by atoms with Gasteiger partial charge in [0.1, 0.15) is 0 Å². The van der Waals surface area contributed by atoms with Crippen LogP contribution in [0.15, 0.2) is 5.16 Å². The summed E-state index contributed by atoms with van der Waals surface area (Å²) in [6, 6.07) is 0.198. The van der Waals surface area contributed by atoms with E-state index >= 15 is 0 Å². The van der Waals surface area contributed by atoms with Crippen LogP contribution in [0.25, 0.3) is 0 Å². The molecule has 7 heteroatoms. The number of nitrogens with zero attached hydrogens (tertiary/aromatic N) is 4. The number of anilines is 1. The van der Waals surface area contributed by atoms with Crippen LogP contribution in [0, 0.1) is 0 Å². The molecule has 0 aliphatic carbocycles. The van der Waals surface area contributed by atoms with Gasteiger partial charge in [0, 0.05) is 20.1 Å². The smallest absolute Gasteiger partial charge is 0.313 e. The van der Waals surface area contributed by atoms with Gasteiger partial charge in [-0.1, -0.05) is 11.8 Å². The summed E-state index contributed by atoms with van der Waals surface area (Å²) in [5.41, 5.74) is 0. The van der Waals surface area contributed by atoms with Crippen molar-refractivity contribution in [2.75, 3.05) is 24.7 Å². The van der Waals surface area contributed by atoms with Gasteiger partial charge in [-0.2, -0.15) is 0 Å². The minimum atomic E-state index is -0.852. The summed E-state index contributed by atoms with van der Waals surface area (Å²) in [5.74, 6) is -0.115. The second-order valence-corrected chi connectivity index (χ2v) is 4.77. The van der Waals surface area contributed by atoms with Gasteiger partial charge in [-0.05, 0) is 13.8 Å². The van der Waals surface area contributed by atoms with E-state index in [-0.39, 0.29) is 11.8 Å². The predicted molar refractivity (Wildman–Crippen MR) is 63.1 cm³/mol. The molecule has 1 heterocycles. The first-order valence-electron chi connectivity index (χ1n) is 4.90. The Morgan fingerprint density at radius 3 is 2.56 bits per heavy atom. The molecule has 0 saturated carbocycles. The molecular weight excluding hydrogens is 228 g/mol. The van der Waals surface area contributed by atoms with Crippen molar-refractivity contribution in [3.8, 4) is 0 Å². The molecule has 0 spiro atoms. The minimum absolute atomic E-state index is 0.00170. The van der Waals surface area contributed by atoms with Crippen molar-refractivity contribution in [1.29, 1.82) is 0 Å². The molecule has 1 rings (SSSR count). The highest BCUT2D eigenvalue weighted by molar-refractivity contribution is 7.99. The summed E-state index contributed by atoms with van der Waals surface area (Å²) >= 11 is 1.18. The molecule has 1 N–H and O–H groups in total. The Bertz CT molecular complexity index is 376. The second-order valence-electron chi connectivity index (χ2n) is 3.82. The van der Waals surface area contributed by atoms with E-state index in [2.05, 4.69) is 10.2 Å². The van der Waals surface area contributed by atoms with Gasteiger partial charge in [0.15, 0.2) is 5.16 Å². The van der Waals surface area contributed by atoms with Gasteiger partial charge in [0.25, 0.3) is 0 Å². The zero-order chi connectivity index (χ0) is 12.3. The van der Waals surface area contributed by atoms with Crippen molar-refractivity contribution in [3.05, 3.63) is 0 Å². The molecule has 6 nitrogen and oxygen atoms in total. The Labute approximate surface area is 98.7 Å². The normalized spacial score (nSPS) is 10.8. The van der Waals surface area contributed by atoms with Crippen molar-refractivity contribution in [1.82, 2.24) is 14.8 Å². The molecule has 0 fully saturated rings. The van der Waals surface area contributed by atoms with Crippen LogP contribution < -0.4 is 4.90 Å². The summed E-state index contributed by atoms with van der Waals surface area (Å²) in [6.07, 6.45) is 0. The molecule has 16 heavy (non-hydrogen) atoms. The topological polar surface area (TPSA) is 71.2 Å². The van der Waals surface area contributed by atoms with E-state index < -0.39 is 5.97 Å². The zero-order valence-corrected chi connectivity index (χ0v) is 10.7. The average molecular weight is 244 g/mol. The van der Waals surface area contributed by atoms with E-state index in [4.69, 9.17) is 5.11 Å². The largest absolute Gasteiger partial charge is 0.481 e. The molecule has 0 unspecified atom stereocenters. The maximum atomic E-state index is 10.5. The van der Waals surface area contributed by atoms with Crippen LogP contribution in [0.5, 0.6) is 0 Å². The zero-order valence-electron chi connectivity index (χ0n) is 9.84. The van der Waals surface area contributed by atoms with Crippen molar-refractivity contribution in [2.45, 2.75) is 25.0 Å². The maximum absolute atomic E-state index is 10.5. The van der Waals surface area contributed by atoms with Crippen LogP contribution in [-0.2, 0) is 4.79 Å². The van der Waals surface area contributed by atoms with Crippen molar-refractivity contribution in [3.63, 3.8) is 0 Å². The Balaban J connectivity index is 2.96. The van der Waals surface area contributed by atoms with E-state index in [0.717, 1.165) is 5.95 Å². The second kappa shape index (κ2) is 5.20. The summed E-state index contributed by atoms with van der Waals surface area (Å²) in [6.45, 7) is 4.03. The van der Waals surface area contributed by atoms with Crippen molar-refractivity contribution >= 4 is 23.7 Å². The molecule has 1 aromatic heterocycles. The number of hydrogen-bond donors (Lipinski definition) is 1.